The Morgan fingerprint density at radius 3 is 2.31 bits per heavy atom. The molecule has 7 heteroatoms. The summed E-state index contributed by atoms with van der Waals surface area (Å²) in [7, 11) is 0. The van der Waals surface area contributed by atoms with E-state index in [1.807, 2.05) is 24.3 Å². The molecule has 2 aromatic rings. The van der Waals surface area contributed by atoms with E-state index in [-0.39, 0.29) is 24.9 Å². The van der Waals surface area contributed by atoms with Gasteiger partial charge in [0.25, 0.3) is 0 Å². The molecule has 168 valence electrons. The number of fused-ring (bicyclic) bond motifs is 3. The van der Waals surface area contributed by atoms with Gasteiger partial charge in [0.2, 0.25) is 5.91 Å². The number of amides is 2. The molecule has 1 aliphatic heterocycles. The van der Waals surface area contributed by atoms with Crippen LogP contribution in [0.1, 0.15) is 49.1 Å². The minimum atomic E-state index is -0.949. The lowest BCUT2D eigenvalue weighted by atomic mass is 9.98. The number of piperidine rings is 1. The van der Waals surface area contributed by atoms with E-state index in [0.29, 0.717) is 25.9 Å². The van der Waals surface area contributed by atoms with Crippen molar-refractivity contribution >= 4 is 18.0 Å². The number of carbonyl (C=O) groups excluding carboxylic acids is 2. The zero-order chi connectivity index (χ0) is 22.5. The summed E-state index contributed by atoms with van der Waals surface area (Å²) in [5, 5.41) is 12.0. The van der Waals surface area contributed by atoms with E-state index in [1.165, 1.54) is 16.0 Å². The highest BCUT2D eigenvalue weighted by Crippen LogP contribution is 2.44. The highest BCUT2D eigenvalue weighted by Gasteiger charge is 2.31. The Morgan fingerprint density at radius 1 is 1.00 bits per heavy atom. The molecule has 32 heavy (non-hydrogen) atoms. The molecule has 1 heterocycles. The molecule has 7 nitrogen and oxygen atoms in total. The summed E-state index contributed by atoms with van der Waals surface area (Å²) in [6.07, 6.45) is 2.27. The van der Waals surface area contributed by atoms with E-state index in [2.05, 4.69) is 29.6 Å². The molecule has 2 N–H and O–H groups in total. The largest absolute Gasteiger partial charge is 0.480 e. The summed E-state index contributed by atoms with van der Waals surface area (Å²) in [6.45, 7) is 1.02. The molecule has 1 aliphatic carbocycles. The van der Waals surface area contributed by atoms with Crippen LogP contribution in [0.25, 0.3) is 11.1 Å². The number of alkyl carbamates (subject to hydrolysis) is 1. The molecule has 2 amide bonds. The second-order valence-electron chi connectivity index (χ2n) is 8.29. The van der Waals surface area contributed by atoms with Crippen LogP contribution >= 0.6 is 0 Å². The first-order chi connectivity index (χ1) is 15.6. The van der Waals surface area contributed by atoms with Crippen LogP contribution in [0.4, 0.5) is 4.79 Å². The van der Waals surface area contributed by atoms with Crippen molar-refractivity contribution in [3.8, 4) is 11.1 Å². The minimum Gasteiger partial charge on any atom is -0.480 e. The van der Waals surface area contributed by atoms with Crippen molar-refractivity contribution in [2.45, 2.75) is 44.1 Å². The van der Waals surface area contributed by atoms with Crippen LogP contribution in [0, 0.1) is 0 Å². The maximum absolute atomic E-state index is 12.4. The van der Waals surface area contributed by atoms with Crippen molar-refractivity contribution in [2.24, 2.45) is 0 Å². The smallest absolute Gasteiger partial charge is 0.407 e. The summed E-state index contributed by atoms with van der Waals surface area (Å²) in [5.74, 6) is -1.12. The van der Waals surface area contributed by atoms with Crippen LogP contribution in [0.15, 0.2) is 48.5 Å². The monoisotopic (exact) mass is 436 g/mol. The summed E-state index contributed by atoms with van der Waals surface area (Å²) in [5.41, 5.74) is 4.66. The molecular weight excluding hydrogens is 408 g/mol. The molecule has 4 rings (SSSR count). The number of rotatable bonds is 7. The zero-order valence-corrected chi connectivity index (χ0v) is 18.0. The number of ether oxygens (including phenoxy) is 1. The maximum Gasteiger partial charge on any atom is 0.407 e. The summed E-state index contributed by atoms with van der Waals surface area (Å²) >= 11 is 0. The van der Waals surface area contributed by atoms with Crippen molar-refractivity contribution in [3.63, 3.8) is 0 Å². The second-order valence-corrected chi connectivity index (χ2v) is 8.29. The van der Waals surface area contributed by atoms with Gasteiger partial charge in [-0.2, -0.15) is 0 Å². The first-order valence-corrected chi connectivity index (χ1v) is 11.2. The zero-order valence-electron chi connectivity index (χ0n) is 18.0. The fourth-order valence-corrected chi connectivity index (χ4v) is 4.71. The molecule has 0 aromatic heterocycles. The Bertz CT molecular complexity index is 960. The lowest BCUT2D eigenvalue weighted by Crippen LogP contribution is -2.48. The van der Waals surface area contributed by atoms with E-state index in [0.717, 1.165) is 24.0 Å². The van der Waals surface area contributed by atoms with Crippen LogP contribution in [0.2, 0.25) is 0 Å². The van der Waals surface area contributed by atoms with Gasteiger partial charge < -0.3 is 20.1 Å². The van der Waals surface area contributed by atoms with Crippen LogP contribution in [0.3, 0.4) is 0 Å². The average Bonchev–Trinajstić information content (AvgIpc) is 3.14. The van der Waals surface area contributed by atoms with Crippen LogP contribution in [0.5, 0.6) is 0 Å². The minimum absolute atomic E-state index is 0.00165. The number of hydrogen-bond acceptors (Lipinski definition) is 4. The van der Waals surface area contributed by atoms with E-state index >= 15 is 0 Å². The molecule has 0 spiro atoms. The van der Waals surface area contributed by atoms with Gasteiger partial charge in [0, 0.05) is 25.4 Å². The number of likely N-dealkylation sites (tertiary alicyclic amines) is 1. The number of hydrogen-bond donors (Lipinski definition) is 2. The quantitative estimate of drug-likeness (QED) is 0.644. The Hall–Kier alpha value is -3.35. The molecule has 1 saturated heterocycles. The fraction of sp³-hybridized carbons (Fsp3) is 0.400. The molecule has 1 atom stereocenters. The van der Waals surface area contributed by atoms with Gasteiger partial charge in [0.05, 0.1) is 0 Å². The fourth-order valence-electron chi connectivity index (χ4n) is 4.71. The predicted octanol–water partition coefficient (Wildman–Crippen LogP) is 3.77. The molecule has 0 radical (unpaired) electrons. The van der Waals surface area contributed by atoms with Gasteiger partial charge in [-0.15, -0.1) is 0 Å². The molecule has 0 saturated carbocycles. The number of benzene rings is 2. The number of nitrogens with one attached hydrogen (secondary N) is 1. The lowest BCUT2D eigenvalue weighted by molar-refractivity contribution is -0.152. The number of nitrogens with zero attached hydrogens (tertiary/aromatic N) is 1. The first-order valence-electron chi connectivity index (χ1n) is 11.2. The molecular formula is C25H28N2O5. The molecule has 0 bridgehead atoms. The van der Waals surface area contributed by atoms with Crippen LogP contribution in [-0.2, 0) is 14.3 Å². The van der Waals surface area contributed by atoms with Crippen LogP contribution < -0.4 is 5.32 Å². The van der Waals surface area contributed by atoms with E-state index in [1.54, 1.807) is 0 Å². The van der Waals surface area contributed by atoms with Crippen molar-refractivity contribution in [2.75, 3.05) is 19.7 Å². The number of carboxylic acid groups (broad SMARTS) is 1. The van der Waals surface area contributed by atoms with Gasteiger partial charge in [0.1, 0.15) is 12.6 Å². The third-order valence-corrected chi connectivity index (χ3v) is 6.29. The van der Waals surface area contributed by atoms with Crippen molar-refractivity contribution in [3.05, 3.63) is 59.7 Å². The predicted molar refractivity (Wildman–Crippen MR) is 119 cm³/mol. The average molecular weight is 437 g/mol. The molecule has 1 fully saturated rings. The summed E-state index contributed by atoms with van der Waals surface area (Å²) in [4.78, 5) is 37.4. The lowest BCUT2D eigenvalue weighted by Gasteiger charge is -2.33. The molecule has 0 unspecified atom stereocenters. The Morgan fingerprint density at radius 2 is 1.66 bits per heavy atom. The van der Waals surface area contributed by atoms with Gasteiger partial charge in [0.15, 0.2) is 0 Å². The first kappa shape index (κ1) is 21.9. The third kappa shape index (κ3) is 4.61. The number of aliphatic carboxylic acids is 1. The number of carboxylic acids is 1. The Kier molecular flexibility index (Phi) is 6.73. The van der Waals surface area contributed by atoms with Gasteiger partial charge in [-0.25, -0.2) is 9.59 Å². The van der Waals surface area contributed by atoms with Gasteiger partial charge >= 0.3 is 12.1 Å². The van der Waals surface area contributed by atoms with E-state index in [9.17, 15) is 19.5 Å². The van der Waals surface area contributed by atoms with Gasteiger partial charge in [-0.3, -0.25) is 4.79 Å². The van der Waals surface area contributed by atoms with E-state index in [4.69, 9.17) is 4.74 Å². The topological polar surface area (TPSA) is 95.9 Å². The third-order valence-electron chi connectivity index (χ3n) is 6.29. The highest BCUT2D eigenvalue weighted by molar-refractivity contribution is 5.84. The van der Waals surface area contributed by atoms with E-state index < -0.39 is 18.1 Å². The Balaban J connectivity index is 1.23. The number of carbonyl (C=O) groups is 3. The van der Waals surface area contributed by atoms with Crippen molar-refractivity contribution in [1.82, 2.24) is 10.2 Å². The molecule has 2 aliphatic rings. The Labute approximate surface area is 187 Å². The van der Waals surface area contributed by atoms with Crippen LogP contribution in [-0.4, -0.2) is 53.7 Å². The van der Waals surface area contributed by atoms with Gasteiger partial charge in [-0.1, -0.05) is 48.5 Å². The highest BCUT2D eigenvalue weighted by atomic mass is 16.5. The molecule has 2 aromatic carbocycles. The van der Waals surface area contributed by atoms with Gasteiger partial charge in [-0.05, 0) is 47.9 Å². The normalized spacial score (nSPS) is 17.4. The summed E-state index contributed by atoms with van der Waals surface area (Å²) in [6, 6.07) is 15.6. The standard InChI is InChI=1S/C25H28N2O5/c28-23(27-15-6-5-12-22(27)24(29)30)13-7-14-26-25(31)32-16-21-19-10-3-1-8-17(19)18-9-2-4-11-20(18)21/h1-4,8-11,21-22H,5-7,12-16H2,(H,26,31)(H,29,30)/t22-/m0/s1. The van der Waals surface area contributed by atoms with Crippen molar-refractivity contribution < 1.29 is 24.2 Å². The SMILES string of the molecule is O=C(NCCCC(=O)N1CCCC[C@H]1C(=O)O)OCC1c2ccccc2-c2ccccc21. The second kappa shape index (κ2) is 9.85. The summed E-state index contributed by atoms with van der Waals surface area (Å²) < 4.78 is 5.49. The van der Waals surface area contributed by atoms with Crippen molar-refractivity contribution in [1.29, 1.82) is 0 Å². The maximum atomic E-state index is 12.4.